The number of carbonyl (C=O) groups is 1. The zero-order chi connectivity index (χ0) is 16.7. The lowest BCUT2D eigenvalue weighted by atomic mass is 9.83. The molecule has 2 aliphatic heterocycles. The Hall–Kier alpha value is -1.39. The number of piperidine rings is 1. The van der Waals surface area contributed by atoms with Crippen LogP contribution in [0, 0.1) is 12.8 Å². The van der Waals surface area contributed by atoms with Crippen molar-refractivity contribution < 1.29 is 9.53 Å². The first-order valence-corrected chi connectivity index (χ1v) is 8.91. The molecule has 2 N–H and O–H groups in total. The van der Waals surface area contributed by atoms with Crippen molar-refractivity contribution in [3.63, 3.8) is 0 Å². The molecule has 0 radical (unpaired) electrons. The molecule has 1 saturated heterocycles. The van der Waals surface area contributed by atoms with Gasteiger partial charge < -0.3 is 15.4 Å². The summed E-state index contributed by atoms with van der Waals surface area (Å²) in [6.07, 6.45) is 4.38. The third-order valence-corrected chi connectivity index (χ3v) is 4.83. The van der Waals surface area contributed by atoms with Crippen molar-refractivity contribution in [1.29, 1.82) is 0 Å². The average molecular weight is 318 g/mol. The van der Waals surface area contributed by atoms with Crippen LogP contribution in [0.1, 0.15) is 49.5 Å². The molecule has 1 aromatic carbocycles. The molecule has 0 unspecified atom stereocenters. The van der Waals surface area contributed by atoms with Gasteiger partial charge in [0, 0.05) is 6.54 Å². The zero-order valence-corrected chi connectivity index (χ0v) is 14.6. The van der Waals surface area contributed by atoms with E-state index in [0.29, 0.717) is 12.5 Å². The summed E-state index contributed by atoms with van der Waals surface area (Å²) in [7, 11) is 0. The van der Waals surface area contributed by atoms with Crippen LogP contribution in [-0.4, -0.2) is 32.1 Å². The number of ether oxygens (including phenoxy) is 1. The van der Waals surface area contributed by atoms with Gasteiger partial charge in [0.15, 0.2) is 0 Å². The summed E-state index contributed by atoms with van der Waals surface area (Å²) in [6, 6.07) is 6.39. The van der Waals surface area contributed by atoms with Crippen LogP contribution < -0.4 is 10.6 Å². The molecular weight excluding hydrogens is 288 g/mol. The summed E-state index contributed by atoms with van der Waals surface area (Å²) in [5.74, 6) is 0.623. The minimum absolute atomic E-state index is 0.0151. The van der Waals surface area contributed by atoms with Crippen LogP contribution in [0.25, 0.3) is 0 Å². The van der Waals surface area contributed by atoms with E-state index in [1.54, 1.807) is 0 Å². The van der Waals surface area contributed by atoms with Crippen molar-refractivity contribution in [3.05, 3.63) is 34.9 Å². The molecule has 2 atom stereocenters. The second kappa shape index (κ2) is 9.04. The van der Waals surface area contributed by atoms with Crippen molar-refractivity contribution in [2.24, 2.45) is 5.92 Å². The second-order valence-electron chi connectivity index (χ2n) is 6.12. The predicted octanol–water partition coefficient (Wildman–Crippen LogP) is 2.75. The van der Waals surface area contributed by atoms with E-state index in [9.17, 15) is 4.79 Å². The lowest BCUT2D eigenvalue weighted by Gasteiger charge is -2.38. The van der Waals surface area contributed by atoms with Gasteiger partial charge in [-0.15, -0.1) is 0 Å². The van der Waals surface area contributed by atoms with E-state index >= 15 is 0 Å². The van der Waals surface area contributed by atoms with Crippen molar-refractivity contribution in [2.75, 3.05) is 19.6 Å². The molecule has 2 aliphatic rings. The van der Waals surface area contributed by atoms with Gasteiger partial charge in [-0.3, -0.25) is 4.79 Å². The quantitative estimate of drug-likeness (QED) is 0.839. The number of amides is 1. The molecule has 3 rings (SSSR count). The fraction of sp³-hybridized carbons (Fsp3) is 0.632. The summed E-state index contributed by atoms with van der Waals surface area (Å²) in [4.78, 5) is 10.6. The molecule has 1 aromatic rings. The minimum Gasteiger partial charge on any atom is -0.368 e. The number of hydrogen-bond donors (Lipinski definition) is 2. The van der Waals surface area contributed by atoms with Crippen LogP contribution >= 0.6 is 0 Å². The van der Waals surface area contributed by atoms with Crippen molar-refractivity contribution >= 4 is 6.41 Å². The van der Waals surface area contributed by atoms with Crippen LogP contribution in [0.5, 0.6) is 0 Å². The number of nitrogens with one attached hydrogen (secondary N) is 2. The Kier molecular flexibility index (Phi) is 7.06. The number of carbonyl (C=O) groups excluding carboxylic acids is 1. The van der Waals surface area contributed by atoms with Gasteiger partial charge >= 0.3 is 0 Å². The molecule has 0 bridgehead atoms. The highest BCUT2D eigenvalue weighted by Crippen LogP contribution is 2.36. The van der Waals surface area contributed by atoms with Crippen molar-refractivity contribution in [3.8, 4) is 0 Å². The highest BCUT2D eigenvalue weighted by atomic mass is 16.5. The molecule has 0 aliphatic carbocycles. The Bertz CT molecular complexity index is 498. The largest absolute Gasteiger partial charge is 0.368 e. The number of hydrogen-bond acceptors (Lipinski definition) is 3. The number of rotatable bonds is 4. The number of benzene rings is 1. The van der Waals surface area contributed by atoms with Crippen LogP contribution in [0.2, 0.25) is 0 Å². The van der Waals surface area contributed by atoms with E-state index < -0.39 is 0 Å². The van der Waals surface area contributed by atoms with Crippen molar-refractivity contribution in [2.45, 2.75) is 52.2 Å². The molecule has 1 amide bonds. The van der Waals surface area contributed by atoms with Gasteiger partial charge in [-0.05, 0) is 61.9 Å². The molecule has 128 valence electrons. The average Bonchev–Trinajstić information content (AvgIpc) is 2.62. The SMILES string of the molecule is CC.Cc1cccc2c1C[C@@H](C1CCNCC1)O[C@H]2CNC=O. The highest BCUT2D eigenvalue weighted by molar-refractivity contribution is 5.46. The Morgan fingerprint density at radius 1 is 1.30 bits per heavy atom. The maximum Gasteiger partial charge on any atom is 0.207 e. The maximum absolute atomic E-state index is 10.6. The fourth-order valence-corrected chi connectivity index (χ4v) is 3.65. The van der Waals surface area contributed by atoms with Crippen molar-refractivity contribution in [1.82, 2.24) is 10.6 Å². The van der Waals surface area contributed by atoms with Gasteiger partial charge in [-0.25, -0.2) is 0 Å². The topological polar surface area (TPSA) is 50.4 Å². The van der Waals surface area contributed by atoms with Gasteiger partial charge in [-0.2, -0.15) is 0 Å². The van der Waals surface area contributed by atoms with E-state index in [1.165, 1.54) is 29.5 Å². The summed E-state index contributed by atoms with van der Waals surface area (Å²) in [5.41, 5.74) is 4.00. The van der Waals surface area contributed by atoms with Crippen LogP contribution in [-0.2, 0) is 16.0 Å². The second-order valence-corrected chi connectivity index (χ2v) is 6.12. The van der Waals surface area contributed by atoms with Gasteiger partial charge in [0.2, 0.25) is 6.41 Å². The third kappa shape index (κ3) is 4.33. The molecule has 0 saturated carbocycles. The van der Waals surface area contributed by atoms with Gasteiger partial charge in [-0.1, -0.05) is 32.0 Å². The first kappa shape index (κ1) is 18.0. The van der Waals surface area contributed by atoms with E-state index in [1.807, 2.05) is 13.8 Å². The molecular formula is C19H30N2O2. The van der Waals surface area contributed by atoms with Gasteiger partial charge in [0.05, 0.1) is 6.10 Å². The van der Waals surface area contributed by atoms with E-state index in [2.05, 4.69) is 35.8 Å². The summed E-state index contributed by atoms with van der Waals surface area (Å²) in [5, 5.41) is 6.20. The Labute approximate surface area is 140 Å². The first-order chi connectivity index (χ1) is 11.3. The monoisotopic (exact) mass is 318 g/mol. The Balaban J connectivity index is 0.000000924. The van der Waals surface area contributed by atoms with Gasteiger partial charge in [0.25, 0.3) is 0 Å². The third-order valence-electron chi connectivity index (χ3n) is 4.83. The van der Waals surface area contributed by atoms with Crippen LogP contribution in [0.3, 0.4) is 0 Å². The van der Waals surface area contributed by atoms with E-state index in [-0.39, 0.29) is 12.2 Å². The summed E-state index contributed by atoms with van der Waals surface area (Å²) in [6.45, 7) is 8.90. The lowest BCUT2D eigenvalue weighted by Crippen LogP contribution is -2.41. The van der Waals surface area contributed by atoms with E-state index in [0.717, 1.165) is 25.9 Å². The summed E-state index contributed by atoms with van der Waals surface area (Å²) >= 11 is 0. The van der Waals surface area contributed by atoms with Crippen LogP contribution in [0.4, 0.5) is 0 Å². The minimum atomic E-state index is -0.0151. The molecule has 0 aromatic heterocycles. The maximum atomic E-state index is 10.6. The fourth-order valence-electron chi connectivity index (χ4n) is 3.65. The van der Waals surface area contributed by atoms with E-state index in [4.69, 9.17) is 4.74 Å². The first-order valence-electron chi connectivity index (χ1n) is 8.91. The molecule has 0 spiro atoms. The normalized spacial score (nSPS) is 24.1. The smallest absolute Gasteiger partial charge is 0.207 e. The standard InChI is InChI=1S/C17H24N2O2.C2H6/c1-12-3-2-4-14-15(12)9-16(13-5-7-18-8-6-13)21-17(14)10-19-11-20;1-2/h2-4,11,13,16-18H,5-10H2,1H3,(H,19,20);1-2H3/t16-,17-;/m0./s1. The lowest BCUT2D eigenvalue weighted by molar-refractivity contribution is -0.111. The summed E-state index contributed by atoms with van der Waals surface area (Å²) < 4.78 is 6.36. The molecule has 23 heavy (non-hydrogen) atoms. The number of fused-ring (bicyclic) bond motifs is 1. The Morgan fingerprint density at radius 3 is 2.74 bits per heavy atom. The van der Waals surface area contributed by atoms with Crippen LogP contribution in [0.15, 0.2) is 18.2 Å². The van der Waals surface area contributed by atoms with Gasteiger partial charge in [0.1, 0.15) is 6.10 Å². The molecule has 2 heterocycles. The zero-order valence-electron chi connectivity index (χ0n) is 14.6. The molecule has 4 heteroatoms. The predicted molar refractivity (Wildman–Crippen MR) is 93.5 cm³/mol. The Morgan fingerprint density at radius 2 is 2.04 bits per heavy atom. The number of aryl methyl sites for hydroxylation is 1. The molecule has 1 fully saturated rings. The highest BCUT2D eigenvalue weighted by Gasteiger charge is 2.33. The molecule has 4 nitrogen and oxygen atoms in total.